The van der Waals surface area contributed by atoms with E-state index in [4.69, 9.17) is 4.74 Å². The molecule has 6 nitrogen and oxygen atoms in total. The summed E-state index contributed by atoms with van der Waals surface area (Å²) in [4.78, 5) is 25.9. The summed E-state index contributed by atoms with van der Waals surface area (Å²) in [7, 11) is 0. The van der Waals surface area contributed by atoms with E-state index in [9.17, 15) is 19.9 Å². The number of hydrogen-bond donors (Lipinski definition) is 3. The minimum absolute atomic E-state index is 0.0819. The van der Waals surface area contributed by atoms with Crippen LogP contribution in [0, 0.1) is 5.92 Å². The molecular formula is C22H25NO5. The topological polar surface area (TPSA) is 95.9 Å². The van der Waals surface area contributed by atoms with Crippen molar-refractivity contribution in [3.63, 3.8) is 0 Å². The lowest BCUT2D eigenvalue weighted by Gasteiger charge is -2.46. The van der Waals surface area contributed by atoms with E-state index >= 15 is 0 Å². The number of hydrogen-bond acceptors (Lipinski definition) is 6. The van der Waals surface area contributed by atoms with Gasteiger partial charge in [0, 0.05) is 5.56 Å². The average molecular weight is 383 g/mol. The molecule has 0 bridgehead atoms. The Labute approximate surface area is 164 Å². The SMILES string of the molecule is CCOC(=O)C1(NO)CCC(O)(c2ccccc2)C(C(=O)c2ccccc2)C1. The van der Waals surface area contributed by atoms with E-state index in [1.165, 1.54) is 0 Å². The first-order valence-electron chi connectivity index (χ1n) is 9.42. The van der Waals surface area contributed by atoms with E-state index in [1.54, 1.807) is 61.5 Å². The summed E-state index contributed by atoms with van der Waals surface area (Å²) < 4.78 is 5.13. The molecule has 1 fully saturated rings. The second-order valence-electron chi connectivity index (χ2n) is 7.19. The molecule has 6 heteroatoms. The first-order chi connectivity index (χ1) is 13.5. The Kier molecular flexibility index (Phi) is 5.93. The number of rotatable bonds is 6. The van der Waals surface area contributed by atoms with Gasteiger partial charge in [-0.3, -0.25) is 4.79 Å². The van der Waals surface area contributed by atoms with Gasteiger partial charge in [0.05, 0.1) is 18.1 Å². The van der Waals surface area contributed by atoms with Crippen LogP contribution in [0.1, 0.15) is 42.1 Å². The summed E-state index contributed by atoms with van der Waals surface area (Å²) >= 11 is 0. The summed E-state index contributed by atoms with van der Waals surface area (Å²) in [5.41, 5.74) is 0.249. The van der Waals surface area contributed by atoms with Crippen molar-refractivity contribution < 1.29 is 24.6 Å². The van der Waals surface area contributed by atoms with Crippen LogP contribution in [0.25, 0.3) is 0 Å². The Morgan fingerprint density at radius 3 is 2.25 bits per heavy atom. The fourth-order valence-electron chi connectivity index (χ4n) is 3.98. The maximum atomic E-state index is 13.4. The molecule has 0 saturated heterocycles. The number of ketones is 1. The van der Waals surface area contributed by atoms with Crippen LogP contribution in [0.3, 0.4) is 0 Å². The number of esters is 1. The van der Waals surface area contributed by atoms with Gasteiger partial charge in [0.25, 0.3) is 0 Å². The molecule has 1 aliphatic rings. The van der Waals surface area contributed by atoms with Crippen LogP contribution < -0.4 is 5.48 Å². The minimum atomic E-state index is -1.46. The first-order valence-corrected chi connectivity index (χ1v) is 9.42. The molecule has 3 unspecified atom stereocenters. The van der Waals surface area contributed by atoms with Gasteiger partial charge in [-0.1, -0.05) is 60.7 Å². The summed E-state index contributed by atoms with van der Waals surface area (Å²) in [5, 5.41) is 21.4. The molecule has 0 aliphatic heterocycles. The second kappa shape index (κ2) is 8.22. The van der Waals surface area contributed by atoms with Crippen molar-refractivity contribution in [1.82, 2.24) is 5.48 Å². The van der Waals surface area contributed by atoms with Crippen molar-refractivity contribution in [3.8, 4) is 0 Å². The van der Waals surface area contributed by atoms with Gasteiger partial charge in [0.2, 0.25) is 0 Å². The van der Waals surface area contributed by atoms with Crippen molar-refractivity contribution in [1.29, 1.82) is 0 Å². The summed E-state index contributed by atoms with van der Waals surface area (Å²) in [5.74, 6) is -1.84. The first kappa shape index (κ1) is 20.2. The fraction of sp³-hybridized carbons (Fsp3) is 0.364. The fourth-order valence-corrected chi connectivity index (χ4v) is 3.98. The molecule has 0 radical (unpaired) electrons. The minimum Gasteiger partial charge on any atom is -0.465 e. The Balaban J connectivity index is 2.05. The predicted octanol–water partition coefficient (Wildman–Crippen LogP) is 2.84. The molecule has 28 heavy (non-hydrogen) atoms. The normalized spacial score (nSPS) is 27.2. The van der Waals surface area contributed by atoms with Crippen molar-refractivity contribution >= 4 is 11.8 Å². The van der Waals surface area contributed by atoms with Gasteiger partial charge in [-0.2, -0.15) is 5.48 Å². The Morgan fingerprint density at radius 2 is 1.68 bits per heavy atom. The van der Waals surface area contributed by atoms with Gasteiger partial charge >= 0.3 is 5.97 Å². The van der Waals surface area contributed by atoms with Gasteiger partial charge in [0.15, 0.2) is 5.78 Å². The van der Waals surface area contributed by atoms with Gasteiger partial charge in [0.1, 0.15) is 5.54 Å². The highest BCUT2D eigenvalue weighted by Gasteiger charge is 2.55. The molecule has 3 atom stereocenters. The Morgan fingerprint density at radius 1 is 1.07 bits per heavy atom. The summed E-state index contributed by atoms with van der Waals surface area (Å²) in [6.07, 6.45) is 0.167. The van der Waals surface area contributed by atoms with Crippen LogP contribution in [0.15, 0.2) is 60.7 Å². The van der Waals surface area contributed by atoms with E-state index in [1.807, 2.05) is 6.07 Å². The largest absolute Gasteiger partial charge is 0.465 e. The molecule has 2 aromatic carbocycles. The zero-order chi connectivity index (χ0) is 20.2. The molecule has 0 aromatic heterocycles. The van der Waals surface area contributed by atoms with Crippen molar-refractivity contribution in [2.45, 2.75) is 37.3 Å². The third kappa shape index (κ3) is 3.58. The standard InChI is InChI=1S/C22H25NO5/c1-2-28-20(25)21(23-27)13-14-22(26,17-11-7-4-8-12-17)18(15-21)19(24)16-9-5-3-6-10-16/h3-12,18,23,26-27H,2,13-15H2,1H3. The van der Waals surface area contributed by atoms with E-state index in [2.05, 4.69) is 5.48 Å². The number of hydroxylamine groups is 1. The molecule has 2 aromatic rings. The van der Waals surface area contributed by atoms with Gasteiger partial charge in [-0.05, 0) is 31.7 Å². The smallest absolute Gasteiger partial charge is 0.328 e. The number of ether oxygens (including phenoxy) is 1. The monoisotopic (exact) mass is 383 g/mol. The molecule has 1 aliphatic carbocycles. The number of Topliss-reactive ketones (excluding diaryl/α,β-unsaturated/α-hetero) is 1. The summed E-state index contributed by atoms with van der Waals surface area (Å²) in [6, 6.07) is 17.7. The maximum Gasteiger partial charge on any atom is 0.328 e. The van der Waals surface area contributed by atoms with E-state index in [-0.39, 0.29) is 31.7 Å². The number of nitrogens with one attached hydrogen (secondary N) is 1. The van der Waals surface area contributed by atoms with Crippen LogP contribution in [0.2, 0.25) is 0 Å². The lowest BCUT2D eigenvalue weighted by molar-refractivity contribution is -0.165. The van der Waals surface area contributed by atoms with Crippen LogP contribution in [-0.4, -0.2) is 34.2 Å². The molecular weight excluding hydrogens is 358 g/mol. The van der Waals surface area contributed by atoms with Gasteiger partial charge in [-0.25, -0.2) is 4.79 Å². The molecule has 3 rings (SSSR count). The van der Waals surface area contributed by atoms with Crippen LogP contribution >= 0.6 is 0 Å². The van der Waals surface area contributed by atoms with Gasteiger partial charge < -0.3 is 15.1 Å². The molecule has 1 saturated carbocycles. The summed E-state index contributed by atoms with van der Waals surface area (Å²) in [6.45, 7) is 1.83. The molecule has 0 heterocycles. The lowest BCUT2D eigenvalue weighted by Crippen LogP contribution is -2.60. The van der Waals surface area contributed by atoms with Crippen LogP contribution in [-0.2, 0) is 15.1 Å². The molecule has 148 valence electrons. The molecule has 0 amide bonds. The van der Waals surface area contributed by atoms with Crippen LogP contribution in [0.5, 0.6) is 0 Å². The van der Waals surface area contributed by atoms with Crippen molar-refractivity contribution in [2.24, 2.45) is 5.92 Å². The average Bonchev–Trinajstić information content (AvgIpc) is 2.75. The third-order valence-electron chi connectivity index (χ3n) is 5.59. The third-order valence-corrected chi connectivity index (χ3v) is 5.59. The van der Waals surface area contributed by atoms with E-state index in [0.717, 1.165) is 0 Å². The van der Waals surface area contributed by atoms with E-state index in [0.29, 0.717) is 11.1 Å². The number of carbonyl (C=O) groups is 2. The zero-order valence-corrected chi connectivity index (χ0v) is 15.8. The quantitative estimate of drug-likeness (QED) is 0.403. The molecule has 3 N–H and O–H groups in total. The number of benzene rings is 2. The second-order valence-corrected chi connectivity index (χ2v) is 7.19. The van der Waals surface area contributed by atoms with E-state index < -0.39 is 23.0 Å². The van der Waals surface area contributed by atoms with Gasteiger partial charge in [-0.15, -0.1) is 0 Å². The van der Waals surface area contributed by atoms with Crippen LogP contribution in [0.4, 0.5) is 0 Å². The predicted molar refractivity (Wildman–Crippen MR) is 103 cm³/mol. The van der Waals surface area contributed by atoms with Crippen molar-refractivity contribution in [3.05, 3.63) is 71.8 Å². The number of carbonyl (C=O) groups excluding carboxylic acids is 2. The number of aliphatic hydroxyl groups is 1. The lowest BCUT2D eigenvalue weighted by atomic mass is 9.63. The zero-order valence-electron chi connectivity index (χ0n) is 15.8. The van der Waals surface area contributed by atoms with Crippen molar-refractivity contribution in [2.75, 3.05) is 6.61 Å². The Bertz CT molecular complexity index is 825. The Hall–Kier alpha value is -2.54. The highest BCUT2D eigenvalue weighted by Crippen LogP contribution is 2.47. The highest BCUT2D eigenvalue weighted by atomic mass is 16.5. The molecule has 0 spiro atoms. The maximum absolute atomic E-state index is 13.4. The highest BCUT2D eigenvalue weighted by molar-refractivity contribution is 5.99.